The molecule has 0 spiro atoms. The van der Waals surface area contributed by atoms with Gasteiger partial charge in [0.2, 0.25) is 0 Å². The summed E-state index contributed by atoms with van der Waals surface area (Å²) in [5.74, 6) is -2.64. The van der Waals surface area contributed by atoms with Gasteiger partial charge in [-0.3, -0.25) is 0 Å². The Morgan fingerprint density at radius 3 is 1.18 bits per heavy atom. The van der Waals surface area contributed by atoms with Crippen LogP contribution >= 0.6 is 63.7 Å². The van der Waals surface area contributed by atoms with Crippen molar-refractivity contribution >= 4 is 113 Å². The molecule has 0 unspecified atom stereocenters. The summed E-state index contributed by atoms with van der Waals surface area (Å²) in [7, 11) is 0. The van der Waals surface area contributed by atoms with Crippen LogP contribution in [0, 0.1) is 0 Å². The molecule has 0 bridgehead atoms. The average molecular weight is 524 g/mol. The minimum atomic E-state index is -1.32. The maximum Gasteiger partial charge on any atom is 2.00 e. The number of hydrogen-bond donors (Lipinski definition) is 2. The Morgan fingerprint density at radius 2 is 1.00 bits per heavy atom. The number of benzene rings is 1. The Kier molecular flexibility index (Phi) is 7.78. The zero-order valence-corrected chi connectivity index (χ0v) is 16.5. The van der Waals surface area contributed by atoms with Gasteiger partial charge in [-0.1, -0.05) is 0 Å². The van der Waals surface area contributed by atoms with E-state index < -0.39 is 11.9 Å². The molecular formula is C8H4Br4CaO4. The first-order chi connectivity index (χ1) is 7.29. The first-order valence-corrected chi connectivity index (χ1v) is 6.78. The van der Waals surface area contributed by atoms with Gasteiger partial charge < -0.3 is 13.1 Å². The molecule has 9 heteroatoms. The van der Waals surface area contributed by atoms with Crippen molar-refractivity contribution in [1.29, 1.82) is 0 Å². The van der Waals surface area contributed by atoms with Crippen molar-refractivity contribution in [3.63, 3.8) is 0 Å². The molecule has 0 aromatic heterocycles. The Labute approximate surface area is 163 Å². The standard InChI is InChI=1S/C8H2Br4O4.Ca.2H/c9-3-1(7(13)14)2(8(15)16)4(10)6(12)5(3)11;;;/h(H,13,14)(H,15,16);;;/q;+2;2*-1. The molecule has 0 aliphatic rings. The second-order valence-corrected chi connectivity index (χ2v) is 5.79. The number of carboxylic acid groups (broad SMARTS) is 2. The number of hydrogen-bond acceptors (Lipinski definition) is 2. The molecular weight excluding hydrogens is 520 g/mol. The third-order valence-electron chi connectivity index (χ3n) is 1.69. The van der Waals surface area contributed by atoms with Gasteiger partial charge in [-0.15, -0.1) is 0 Å². The van der Waals surface area contributed by atoms with E-state index in [9.17, 15) is 9.59 Å². The first kappa shape index (κ1) is 18.3. The first-order valence-electron chi connectivity index (χ1n) is 3.61. The molecule has 2 N–H and O–H groups in total. The summed E-state index contributed by atoms with van der Waals surface area (Å²) in [5, 5.41) is 18.0. The Morgan fingerprint density at radius 1 is 0.765 bits per heavy atom. The average Bonchev–Trinajstić information content (AvgIpc) is 2.18. The minimum absolute atomic E-state index is 0. The van der Waals surface area contributed by atoms with E-state index in [2.05, 4.69) is 63.7 Å². The van der Waals surface area contributed by atoms with Crippen LogP contribution in [0.5, 0.6) is 0 Å². The summed E-state index contributed by atoms with van der Waals surface area (Å²) >= 11 is 12.4. The molecule has 17 heavy (non-hydrogen) atoms. The van der Waals surface area contributed by atoms with Crippen LogP contribution < -0.4 is 0 Å². The molecule has 0 saturated heterocycles. The molecule has 1 aromatic carbocycles. The number of carbonyl (C=O) groups is 2. The van der Waals surface area contributed by atoms with E-state index >= 15 is 0 Å². The second kappa shape index (κ2) is 7.21. The van der Waals surface area contributed by atoms with Crippen LogP contribution in [-0.2, 0) is 0 Å². The fourth-order valence-corrected chi connectivity index (χ4v) is 3.49. The van der Waals surface area contributed by atoms with Gasteiger partial charge in [0.25, 0.3) is 0 Å². The monoisotopic (exact) mass is 520 g/mol. The van der Waals surface area contributed by atoms with Crippen LogP contribution in [0.4, 0.5) is 0 Å². The van der Waals surface area contributed by atoms with Gasteiger partial charge in [0.05, 0.1) is 11.1 Å². The van der Waals surface area contributed by atoms with Gasteiger partial charge >= 0.3 is 49.7 Å². The predicted molar refractivity (Wildman–Crippen MR) is 79.1 cm³/mol. The van der Waals surface area contributed by atoms with Gasteiger partial charge in [0, 0.05) is 17.9 Å². The molecule has 0 heterocycles. The summed E-state index contributed by atoms with van der Waals surface area (Å²) in [6, 6.07) is 0. The van der Waals surface area contributed by atoms with Gasteiger partial charge in [-0.25, -0.2) is 9.59 Å². The molecule has 0 atom stereocenters. The molecule has 0 fully saturated rings. The topological polar surface area (TPSA) is 74.6 Å². The maximum absolute atomic E-state index is 11.0. The maximum atomic E-state index is 11.0. The van der Waals surface area contributed by atoms with Crippen molar-refractivity contribution in [1.82, 2.24) is 0 Å². The van der Waals surface area contributed by atoms with E-state index in [4.69, 9.17) is 10.2 Å². The second-order valence-electron chi connectivity index (χ2n) is 2.62. The van der Waals surface area contributed by atoms with Crippen LogP contribution in [0.1, 0.15) is 23.6 Å². The van der Waals surface area contributed by atoms with E-state index in [0.717, 1.165) is 0 Å². The van der Waals surface area contributed by atoms with Crippen LogP contribution in [0.2, 0.25) is 0 Å². The summed E-state index contributed by atoms with van der Waals surface area (Å²) in [6.07, 6.45) is 0. The van der Waals surface area contributed by atoms with Crippen LogP contribution in [-0.4, -0.2) is 59.9 Å². The quantitative estimate of drug-likeness (QED) is 0.349. The molecule has 4 nitrogen and oxygen atoms in total. The van der Waals surface area contributed by atoms with E-state index in [0.29, 0.717) is 8.95 Å². The van der Waals surface area contributed by atoms with Gasteiger partial charge in [0.1, 0.15) is 0 Å². The fraction of sp³-hybridized carbons (Fsp3) is 0. The molecule has 0 radical (unpaired) electrons. The summed E-state index contributed by atoms with van der Waals surface area (Å²) < 4.78 is 1.21. The summed E-state index contributed by atoms with van der Waals surface area (Å²) in [6.45, 7) is 0. The smallest absolute Gasteiger partial charge is 1.00 e. The van der Waals surface area contributed by atoms with E-state index in [1.165, 1.54) is 0 Å². The molecule has 0 amide bonds. The zero-order valence-electron chi connectivity index (χ0n) is 9.93. The predicted octanol–water partition coefficient (Wildman–Crippen LogP) is 3.98. The van der Waals surface area contributed by atoms with E-state index in [1.54, 1.807) is 0 Å². The van der Waals surface area contributed by atoms with Crippen LogP contribution in [0.25, 0.3) is 0 Å². The van der Waals surface area contributed by atoms with Gasteiger partial charge in [-0.2, -0.15) is 0 Å². The van der Waals surface area contributed by atoms with Crippen molar-refractivity contribution in [3.05, 3.63) is 29.0 Å². The number of rotatable bonds is 2. The summed E-state index contributed by atoms with van der Waals surface area (Å²) in [4.78, 5) is 22.0. The Balaban J connectivity index is -0.000000853. The van der Waals surface area contributed by atoms with E-state index in [1.807, 2.05) is 0 Å². The SMILES string of the molecule is O=C(O)c1c(Br)c(Br)c(Br)c(Br)c1C(=O)O.[Ca+2].[H-].[H-]. The molecule has 90 valence electrons. The van der Waals surface area contributed by atoms with Crippen molar-refractivity contribution in [2.24, 2.45) is 0 Å². The normalized spacial score (nSPS) is 9.65. The van der Waals surface area contributed by atoms with Crippen molar-refractivity contribution in [2.75, 3.05) is 0 Å². The fourth-order valence-electron chi connectivity index (χ4n) is 1.03. The summed E-state index contributed by atoms with van der Waals surface area (Å²) in [5.41, 5.74) is -0.621. The van der Waals surface area contributed by atoms with Crippen molar-refractivity contribution in [3.8, 4) is 0 Å². The zero-order chi connectivity index (χ0) is 12.6. The van der Waals surface area contributed by atoms with Crippen molar-refractivity contribution < 1.29 is 22.7 Å². The molecule has 1 aromatic rings. The van der Waals surface area contributed by atoms with Crippen molar-refractivity contribution in [2.45, 2.75) is 0 Å². The minimum Gasteiger partial charge on any atom is -1.00 e. The number of aromatic carboxylic acids is 2. The van der Waals surface area contributed by atoms with Gasteiger partial charge in [0.15, 0.2) is 0 Å². The largest absolute Gasteiger partial charge is 2.00 e. The van der Waals surface area contributed by atoms with Crippen LogP contribution in [0.15, 0.2) is 17.9 Å². The molecule has 0 saturated carbocycles. The molecule has 0 aliphatic heterocycles. The van der Waals surface area contributed by atoms with E-state index in [-0.39, 0.29) is 60.7 Å². The molecule has 0 aliphatic carbocycles. The Bertz CT molecular complexity index is 467. The van der Waals surface area contributed by atoms with Gasteiger partial charge in [-0.05, 0) is 63.7 Å². The third-order valence-corrected chi connectivity index (χ3v) is 6.46. The Hall–Kier alpha value is 1.34. The number of halogens is 4. The third kappa shape index (κ3) is 3.67. The molecule has 1 rings (SSSR count). The number of carboxylic acids is 2. The van der Waals surface area contributed by atoms with Crippen LogP contribution in [0.3, 0.4) is 0 Å².